The van der Waals surface area contributed by atoms with E-state index in [0.717, 1.165) is 24.2 Å². The molecule has 3 rings (SSSR count). The molecule has 2 aromatic rings. The van der Waals surface area contributed by atoms with Crippen LogP contribution in [0.4, 0.5) is 11.5 Å². The summed E-state index contributed by atoms with van der Waals surface area (Å²) < 4.78 is 0. The number of aromatic nitrogens is 2. The van der Waals surface area contributed by atoms with Crippen molar-refractivity contribution in [3.63, 3.8) is 0 Å². The van der Waals surface area contributed by atoms with Gasteiger partial charge in [0.05, 0.1) is 0 Å². The van der Waals surface area contributed by atoms with Gasteiger partial charge in [-0.3, -0.25) is 4.79 Å². The van der Waals surface area contributed by atoms with E-state index >= 15 is 0 Å². The molecule has 0 spiro atoms. The molecule has 33 heavy (non-hydrogen) atoms. The molecule has 1 aromatic heterocycles. The first kappa shape index (κ1) is 24.5. The highest BCUT2D eigenvalue weighted by Crippen LogP contribution is 2.26. The van der Waals surface area contributed by atoms with Gasteiger partial charge in [-0.15, -0.1) is 0 Å². The Labute approximate surface area is 197 Å². The Kier molecular flexibility index (Phi) is 7.57. The van der Waals surface area contributed by atoms with Crippen LogP contribution in [0.2, 0.25) is 0 Å². The summed E-state index contributed by atoms with van der Waals surface area (Å²) in [6, 6.07) is 10.6. The van der Waals surface area contributed by atoms with E-state index in [9.17, 15) is 4.79 Å². The van der Waals surface area contributed by atoms with E-state index in [1.807, 2.05) is 19.9 Å². The number of nitrogens with zero attached hydrogens (tertiary/aromatic N) is 4. The molecule has 1 aliphatic rings. The van der Waals surface area contributed by atoms with E-state index < -0.39 is 5.41 Å². The maximum atomic E-state index is 13.0. The molecule has 0 aliphatic carbocycles. The fourth-order valence-electron chi connectivity index (χ4n) is 3.90. The highest BCUT2D eigenvalue weighted by molar-refractivity contribution is 5.82. The van der Waals surface area contributed by atoms with Gasteiger partial charge in [-0.2, -0.15) is 5.26 Å². The van der Waals surface area contributed by atoms with Crippen molar-refractivity contribution in [1.29, 1.82) is 5.26 Å². The van der Waals surface area contributed by atoms with E-state index in [2.05, 4.69) is 70.5 Å². The number of anilines is 2. The van der Waals surface area contributed by atoms with Crippen LogP contribution in [0.15, 0.2) is 30.5 Å². The van der Waals surface area contributed by atoms with E-state index in [-0.39, 0.29) is 17.1 Å². The van der Waals surface area contributed by atoms with Crippen LogP contribution in [0, 0.1) is 22.2 Å². The minimum Gasteiger partial charge on any atom is -0.372 e. The van der Waals surface area contributed by atoms with Crippen molar-refractivity contribution in [2.45, 2.75) is 60.4 Å². The molecule has 176 valence electrons. The van der Waals surface area contributed by atoms with Gasteiger partial charge in [0.25, 0.3) is 0 Å². The van der Waals surface area contributed by atoms with Gasteiger partial charge in [0.1, 0.15) is 11.9 Å². The first-order valence-electron chi connectivity index (χ1n) is 11.7. The van der Waals surface area contributed by atoms with Crippen molar-refractivity contribution in [3.8, 4) is 6.07 Å². The molecular formula is C26H36N6O. The molecule has 1 aliphatic heterocycles. The average molecular weight is 449 g/mol. The fraction of sp³-hybridized carbons (Fsp3) is 0.538. The molecule has 0 atom stereocenters. The number of amides is 1. The number of rotatable bonds is 8. The minimum atomic E-state index is -0.568. The molecule has 7 heteroatoms. The van der Waals surface area contributed by atoms with Crippen LogP contribution in [0.1, 0.15) is 64.4 Å². The summed E-state index contributed by atoms with van der Waals surface area (Å²) in [4.78, 5) is 23.8. The Hall–Kier alpha value is -3.14. The normalized spacial score (nSPS) is 14.1. The Morgan fingerprint density at radius 3 is 2.39 bits per heavy atom. The van der Waals surface area contributed by atoms with Crippen LogP contribution in [0.5, 0.6) is 0 Å². The third-order valence-corrected chi connectivity index (χ3v) is 5.86. The van der Waals surface area contributed by atoms with E-state index in [1.165, 1.54) is 18.5 Å². The number of carbonyl (C=O) groups excluding carboxylic acids is 1. The number of carbonyl (C=O) groups is 1. The molecule has 0 radical (unpaired) electrons. The Balaban J connectivity index is 1.62. The zero-order valence-corrected chi connectivity index (χ0v) is 20.5. The lowest BCUT2D eigenvalue weighted by molar-refractivity contribution is -0.129. The topological polar surface area (TPSA) is 93.9 Å². The molecule has 1 amide bonds. The molecule has 0 unspecified atom stereocenters. The van der Waals surface area contributed by atoms with Gasteiger partial charge >= 0.3 is 0 Å². The molecule has 0 saturated carbocycles. The van der Waals surface area contributed by atoms with Gasteiger partial charge < -0.3 is 15.5 Å². The molecule has 2 heterocycles. The van der Waals surface area contributed by atoms with Crippen molar-refractivity contribution in [2.24, 2.45) is 10.8 Å². The summed E-state index contributed by atoms with van der Waals surface area (Å²) in [6.07, 6.45) is 4.78. The summed E-state index contributed by atoms with van der Waals surface area (Å²) in [5.41, 5.74) is 2.64. The monoisotopic (exact) mass is 448 g/mol. The van der Waals surface area contributed by atoms with Crippen molar-refractivity contribution in [2.75, 3.05) is 29.9 Å². The summed E-state index contributed by atoms with van der Waals surface area (Å²) in [7, 11) is 0. The molecule has 1 saturated heterocycles. The van der Waals surface area contributed by atoms with Crippen LogP contribution in [0.3, 0.4) is 0 Å². The van der Waals surface area contributed by atoms with Crippen LogP contribution in [0.25, 0.3) is 0 Å². The second-order valence-electron chi connectivity index (χ2n) is 10.7. The Bertz CT molecular complexity index is 995. The summed E-state index contributed by atoms with van der Waals surface area (Å²) in [6.45, 7) is 13.5. The van der Waals surface area contributed by atoms with Gasteiger partial charge in [0.15, 0.2) is 0 Å². The summed E-state index contributed by atoms with van der Waals surface area (Å²) in [5, 5.41) is 15.5. The van der Waals surface area contributed by atoms with Crippen molar-refractivity contribution in [3.05, 3.63) is 47.4 Å². The zero-order chi connectivity index (χ0) is 24.1. The molecular weight excluding hydrogens is 412 g/mol. The highest BCUT2D eigenvalue weighted by atomic mass is 16.2. The van der Waals surface area contributed by atoms with E-state index in [4.69, 9.17) is 5.26 Å². The van der Waals surface area contributed by atoms with Crippen molar-refractivity contribution >= 4 is 17.4 Å². The maximum absolute atomic E-state index is 13.0. The van der Waals surface area contributed by atoms with E-state index in [1.54, 1.807) is 6.20 Å². The molecule has 1 fully saturated rings. The van der Waals surface area contributed by atoms with Crippen LogP contribution in [-0.4, -0.2) is 35.5 Å². The largest absolute Gasteiger partial charge is 0.372 e. The predicted molar refractivity (Wildman–Crippen MR) is 132 cm³/mol. The standard InChI is InChI=1S/C26H36N6O/c1-25(2,3)18-30-23-20(16-28-22(15-27)31-23)17-29-24(33)26(4,5)14-19-8-10-21(11-9-19)32-12-6-7-13-32/h8-11,16H,6-7,12-14,17-18H2,1-5H3,(H,29,33)(H,28,30,31). The van der Waals surface area contributed by atoms with Gasteiger partial charge in [0.2, 0.25) is 11.7 Å². The molecule has 0 bridgehead atoms. The van der Waals surface area contributed by atoms with Crippen LogP contribution < -0.4 is 15.5 Å². The first-order valence-corrected chi connectivity index (χ1v) is 11.7. The predicted octanol–water partition coefficient (Wildman–Crippen LogP) is 4.29. The lowest BCUT2D eigenvalue weighted by Gasteiger charge is -2.25. The number of hydrogen-bond acceptors (Lipinski definition) is 6. The molecule has 2 N–H and O–H groups in total. The number of nitrogens with one attached hydrogen (secondary N) is 2. The second kappa shape index (κ2) is 10.2. The number of hydrogen-bond donors (Lipinski definition) is 2. The van der Waals surface area contributed by atoms with Crippen molar-refractivity contribution in [1.82, 2.24) is 15.3 Å². The number of nitriles is 1. The third kappa shape index (κ3) is 6.92. The van der Waals surface area contributed by atoms with Gasteiger partial charge in [-0.05, 0) is 42.4 Å². The smallest absolute Gasteiger partial charge is 0.234 e. The van der Waals surface area contributed by atoms with Crippen molar-refractivity contribution < 1.29 is 4.79 Å². The highest BCUT2D eigenvalue weighted by Gasteiger charge is 2.28. The first-order chi connectivity index (χ1) is 15.6. The third-order valence-electron chi connectivity index (χ3n) is 5.86. The summed E-state index contributed by atoms with van der Waals surface area (Å²) in [5.74, 6) is 0.670. The Morgan fingerprint density at radius 2 is 1.79 bits per heavy atom. The summed E-state index contributed by atoms with van der Waals surface area (Å²) >= 11 is 0. The zero-order valence-electron chi connectivity index (χ0n) is 20.5. The van der Waals surface area contributed by atoms with E-state index in [0.29, 0.717) is 25.3 Å². The minimum absolute atomic E-state index is 0.0303. The molecule has 1 aromatic carbocycles. The maximum Gasteiger partial charge on any atom is 0.234 e. The number of benzene rings is 1. The second-order valence-corrected chi connectivity index (χ2v) is 10.7. The van der Waals surface area contributed by atoms with Crippen LogP contribution in [-0.2, 0) is 17.8 Å². The lowest BCUT2D eigenvalue weighted by Crippen LogP contribution is -2.38. The van der Waals surface area contributed by atoms with Crippen LogP contribution >= 0.6 is 0 Å². The fourth-order valence-corrected chi connectivity index (χ4v) is 3.90. The quantitative estimate of drug-likeness (QED) is 0.626. The van der Waals surface area contributed by atoms with Gasteiger partial charge in [-0.25, -0.2) is 9.97 Å². The van der Waals surface area contributed by atoms with Gasteiger partial charge in [0, 0.05) is 49.0 Å². The Morgan fingerprint density at radius 1 is 1.12 bits per heavy atom. The molecule has 7 nitrogen and oxygen atoms in total. The average Bonchev–Trinajstić information content (AvgIpc) is 3.31. The van der Waals surface area contributed by atoms with Gasteiger partial charge in [-0.1, -0.05) is 46.8 Å². The lowest BCUT2D eigenvalue weighted by atomic mass is 9.84. The SMILES string of the molecule is CC(C)(C)CNc1nc(C#N)ncc1CNC(=O)C(C)(C)Cc1ccc(N2CCCC2)cc1.